The number of nitrogens with two attached hydrogens (primary N) is 1. The van der Waals surface area contributed by atoms with Gasteiger partial charge in [0, 0.05) is 19.0 Å². The van der Waals surface area contributed by atoms with Crippen molar-refractivity contribution in [1.29, 1.82) is 0 Å². The highest BCUT2D eigenvalue weighted by Crippen LogP contribution is 2.35. The van der Waals surface area contributed by atoms with E-state index in [1.807, 2.05) is 0 Å². The lowest BCUT2D eigenvalue weighted by Crippen LogP contribution is -2.39. The summed E-state index contributed by atoms with van der Waals surface area (Å²) in [6, 6.07) is 0.563. The van der Waals surface area contributed by atoms with E-state index < -0.39 is 0 Å². The van der Waals surface area contributed by atoms with Crippen LogP contribution in [-0.2, 0) is 4.79 Å². The molecule has 0 aromatic carbocycles. The molecule has 4 heteroatoms. The molecular formula is C13H25ClN2O. The average molecular weight is 261 g/mol. The van der Waals surface area contributed by atoms with Crippen LogP contribution < -0.4 is 5.73 Å². The lowest BCUT2D eigenvalue weighted by Gasteiger charge is -2.29. The van der Waals surface area contributed by atoms with E-state index in [0.717, 1.165) is 18.9 Å². The lowest BCUT2D eigenvalue weighted by molar-refractivity contribution is -0.133. The summed E-state index contributed by atoms with van der Waals surface area (Å²) in [7, 11) is 0. The van der Waals surface area contributed by atoms with Crippen LogP contribution in [0.2, 0.25) is 0 Å². The maximum atomic E-state index is 12.0. The number of rotatable bonds is 4. The van der Waals surface area contributed by atoms with Crippen molar-refractivity contribution >= 4 is 18.3 Å². The van der Waals surface area contributed by atoms with Gasteiger partial charge in [0.1, 0.15) is 0 Å². The minimum Gasteiger partial charge on any atom is -0.339 e. The molecular weight excluding hydrogens is 236 g/mol. The number of halogens is 1. The molecule has 0 radical (unpaired) electrons. The molecule has 1 aliphatic heterocycles. The van der Waals surface area contributed by atoms with Gasteiger partial charge in [0.15, 0.2) is 0 Å². The minimum absolute atomic E-state index is 0. The number of hydrogen-bond donors (Lipinski definition) is 1. The molecule has 1 amide bonds. The van der Waals surface area contributed by atoms with Gasteiger partial charge in [0.05, 0.1) is 0 Å². The van der Waals surface area contributed by atoms with Gasteiger partial charge in [-0.25, -0.2) is 0 Å². The first-order valence-corrected chi connectivity index (χ1v) is 6.82. The molecule has 100 valence electrons. The van der Waals surface area contributed by atoms with Gasteiger partial charge in [-0.15, -0.1) is 12.4 Å². The maximum absolute atomic E-state index is 12.0. The van der Waals surface area contributed by atoms with Crippen molar-refractivity contribution in [2.24, 2.45) is 11.7 Å². The van der Waals surface area contributed by atoms with Crippen molar-refractivity contribution in [3.05, 3.63) is 0 Å². The molecule has 1 aliphatic carbocycles. The summed E-state index contributed by atoms with van der Waals surface area (Å²) in [6.07, 6.45) is 9.34. The summed E-state index contributed by atoms with van der Waals surface area (Å²) >= 11 is 0. The van der Waals surface area contributed by atoms with Gasteiger partial charge in [-0.2, -0.15) is 0 Å². The largest absolute Gasteiger partial charge is 0.339 e. The van der Waals surface area contributed by atoms with Crippen molar-refractivity contribution < 1.29 is 4.79 Å². The number of carbonyl (C=O) groups excluding carboxylic acids is 1. The van der Waals surface area contributed by atoms with Crippen LogP contribution in [0.3, 0.4) is 0 Å². The second-order valence-corrected chi connectivity index (χ2v) is 5.23. The Morgan fingerprint density at radius 3 is 2.53 bits per heavy atom. The van der Waals surface area contributed by atoms with Gasteiger partial charge in [-0.3, -0.25) is 4.79 Å². The molecule has 0 bridgehead atoms. The van der Waals surface area contributed by atoms with E-state index in [-0.39, 0.29) is 12.4 Å². The Morgan fingerprint density at radius 2 is 1.88 bits per heavy atom. The molecule has 0 aromatic rings. The molecule has 2 aliphatic rings. The second kappa shape index (κ2) is 7.22. The molecule has 3 nitrogen and oxygen atoms in total. The first-order valence-electron chi connectivity index (χ1n) is 6.82. The Balaban J connectivity index is 0.00000144. The van der Waals surface area contributed by atoms with Gasteiger partial charge in [0.2, 0.25) is 5.91 Å². The number of carbonyl (C=O) groups is 1. The van der Waals surface area contributed by atoms with Crippen LogP contribution in [0.25, 0.3) is 0 Å². The summed E-state index contributed by atoms with van der Waals surface area (Å²) in [4.78, 5) is 14.2. The molecule has 2 N–H and O–H groups in total. The normalized spacial score (nSPS) is 25.0. The lowest BCUT2D eigenvalue weighted by atomic mass is 9.96. The van der Waals surface area contributed by atoms with Crippen LogP contribution in [0.4, 0.5) is 0 Å². The fourth-order valence-corrected chi connectivity index (χ4v) is 3.33. The van der Waals surface area contributed by atoms with E-state index in [0.29, 0.717) is 24.9 Å². The monoisotopic (exact) mass is 260 g/mol. The Hall–Kier alpha value is -0.280. The van der Waals surface area contributed by atoms with E-state index in [1.165, 1.54) is 38.5 Å². The van der Waals surface area contributed by atoms with Crippen LogP contribution in [0, 0.1) is 5.92 Å². The number of nitrogens with zero attached hydrogens (tertiary/aromatic N) is 1. The zero-order valence-electron chi connectivity index (χ0n) is 10.6. The maximum Gasteiger partial charge on any atom is 0.222 e. The van der Waals surface area contributed by atoms with Crippen molar-refractivity contribution in [3.63, 3.8) is 0 Å². The molecule has 1 saturated carbocycles. The Bertz CT molecular complexity index is 242. The third kappa shape index (κ3) is 3.59. The molecule has 2 fully saturated rings. The molecule has 17 heavy (non-hydrogen) atoms. The molecule has 0 aromatic heterocycles. The van der Waals surface area contributed by atoms with Crippen LogP contribution in [0.1, 0.15) is 51.4 Å². The van der Waals surface area contributed by atoms with E-state index in [2.05, 4.69) is 4.90 Å². The molecule has 1 unspecified atom stereocenters. The highest BCUT2D eigenvalue weighted by atomic mass is 35.5. The first-order chi connectivity index (χ1) is 7.83. The summed E-state index contributed by atoms with van der Waals surface area (Å²) in [6.45, 7) is 1.62. The SMILES string of the molecule is Cl.NCCCC(=O)N1CCCC1C1CCCC1. The van der Waals surface area contributed by atoms with Crippen molar-refractivity contribution in [2.75, 3.05) is 13.1 Å². The molecule has 0 spiro atoms. The topological polar surface area (TPSA) is 46.3 Å². The Labute approximate surface area is 111 Å². The van der Waals surface area contributed by atoms with E-state index in [9.17, 15) is 4.79 Å². The van der Waals surface area contributed by atoms with E-state index >= 15 is 0 Å². The zero-order chi connectivity index (χ0) is 11.4. The van der Waals surface area contributed by atoms with Crippen molar-refractivity contribution in [3.8, 4) is 0 Å². The molecule has 2 rings (SSSR count). The van der Waals surface area contributed by atoms with Crippen LogP contribution in [0.5, 0.6) is 0 Å². The van der Waals surface area contributed by atoms with Gasteiger partial charge >= 0.3 is 0 Å². The molecule has 1 atom stereocenters. The Kier molecular flexibility index (Phi) is 6.28. The van der Waals surface area contributed by atoms with Crippen LogP contribution >= 0.6 is 12.4 Å². The summed E-state index contributed by atoms with van der Waals surface area (Å²) < 4.78 is 0. The number of likely N-dealkylation sites (tertiary alicyclic amines) is 1. The van der Waals surface area contributed by atoms with Crippen molar-refractivity contribution in [2.45, 2.75) is 57.4 Å². The van der Waals surface area contributed by atoms with E-state index in [1.54, 1.807) is 0 Å². The standard InChI is InChI=1S/C13H24N2O.ClH/c14-9-3-8-13(16)15-10-4-7-12(15)11-5-1-2-6-11;/h11-12H,1-10,14H2;1H. The number of amides is 1. The first kappa shape index (κ1) is 14.8. The summed E-state index contributed by atoms with van der Waals surface area (Å²) in [5.74, 6) is 1.14. The molecule has 1 saturated heterocycles. The van der Waals surface area contributed by atoms with E-state index in [4.69, 9.17) is 5.73 Å². The summed E-state index contributed by atoms with van der Waals surface area (Å²) in [5, 5.41) is 0. The van der Waals surface area contributed by atoms with Crippen molar-refractivity contribution in [1.82, 2.24) is 4.90 Å². The third-order valence-corrected chi connectivity index (χ3v) is 4.16. The smallest absolute Gasteiger partial charge is 0.222 e. The predicted octanol–water partition coefficient (Wildman–Crippen LogP) is 2.33. The average Bonchev–Trinajstić information content (AvgIpc) is 2.94. The van der Waals surface area contributed by atoms with Gasteiger partial charge in [-0.1, -0.05) is 12.8 Å². The van der Waals surface area contributed by atoms with Gasteiger partial charge < -0.3 is 10.6 Å². The van der Waals surface area contributed by atoms with Crippen LogP contribution in [0.15, 0.2) is 0 Å². The highest BCUT2D eigenvalue weighted by molar-refractivity contribution is 5.85. The Morgan fingerprint density at radius 1 is 1.18 bits per heavy atom. The fourth-order valence-electron chi connectivity index (χ4n) is 3.33. The molecule has 1 heterocycles. The third-order valence-electron chi connectivity index (χ3n) is 4.16. The van der Waals surface area contributed by atoms with Gasteiger partial charge in [0.25, 0.3) is 0 Å². The summed E-state index contributed by atoms with van der Waals surface area (Å²) in [5.41, 5.74) is 5.46. The fraction of sp³-hybridized carbons (Fsp3) is 0.923. The predicted molar refractivity (Wildman–Crippen MR) is 72.2 cm³/mol. The van der Waals surface area contributed by atoms with Gasteiger partial charge in [-0.05, 0) is 44.6 Å². The minimum atomic E-state index is 0. The number of hydrogen-bond acceptors (Lipinski definition) is 2. The quantitative estimate of drug-likeness (QED) is 0.843. The zero-order valence-corrected chi connectivity index (χ0v) is 11.4. The highest BCUT2D eigenvalue weighted by Gasteiger charge is 2.35. The van der Waals surface area contributed by atoms with Crippen LogP contribution in [-0.4, -0.2) is 29.9 Å². The second-order valence-electron chi connectivity index (χ2n) is 5.23.